The monoisotopic (exact) mass is 461 g/mol. The number of aryl methyl sites for hydroxylation is 1. The number of carbonyl (C=O) groups excluding carboxylic acids is 1. The lowest BCUT2D eigenvalue weighted by Gasteiger charge is -2.15. The van der Waals surface area contributed by atoms with Gasteiger partial charge in [0, 0.05) is 26.4 Å². The number of nitrogens with one attached hydrogen (secondary N) is 2. The number of pyridine rings is 2. The molecule has 1 aromatic carbocycles. The van der Waals surface area contributed by atoms with Crippen LogP contribution in [0.15, 0.2) is 47.4 Å². The van der Waals surface area contributed by atoms with Crippen LogP contribution in [0.5, 0.6) is 11.5 Å². The van der Waals surface area contributed by atoms with E-state index in [0.717, 1.165) is 11.1 Å². The molecule has 0 atom stereocenters. The van der Waals surface area contributed by atoms with Gasteiger partial charge < -0.3 is 24.1 Å². The molecule has 0 unspecified atom stereocenters. The number of hydrogen-bond donors (Lipinski definition) is 2. The van der Waals surface area contributed by atoms with Crippen molar-refractivity contribution in [3.63, 3.8) is 0 Å². The molecular formula is C24H23N5O5. The maximum absolute atomic E-state index is 13.3. The summed E-state index contributed by atoms with van der Waals surface area (Å²) >= 11 is 0. The van der Waals surface area contributed by atoms with Gasteiger partial charge in [0.25, 0.3) is 11.5 Å². The lowest BCUT2D eigenvalue weighted by Crippen LogP contribution is -2.35. The second-order valence-corrected chi connectivity index (χ2v) is 7.96. The molecule has 2 N–H and O–H groups in total. The average Bonchev–Trinajstić information content (AvgIpc) is 3.31. The molecule has 174 valence electrons. The van der Waals surface area contributed by atoms with Crippen molar-refractivity contribution in [2.24, 2.45) is 0 Å². The third-order valence-electron chi connectivity index (χ3n) is 5.79. The number of carbonyl (C=O) groups is 1. The van der Waals surface area contributed by atoms with Gasteiger partial charge in [-0.15, -0.1) is 0 Å². The Morgan fingerprint density at radius 3 is 2.85 bits per heavy atom. The van der Waals surface area contributed by atoms with E-state index in [9.17, 15) is 9.59 Å². The molecule has 10 nitrogen and oxygen atoms in total. The lowest BCUT2D eigenvalue weighted by atomic mass is 10.1. The lowest BCUT2D eigenvalue weighted by molar-refractivity contribution is 0.0948. The molecule has 0 saturated heterocycles. The molecule has 0 spiro atoms. The Balaban J connectivity index is 1.57. The smallest absolute Gasteiger partial charge is 0.267 e. The molecule has 1 aliphatic heterocycles. The molecule has 0 aliphatic carbocycles. The van der Waals surface area contributed by atoms with Crippen LogP contribution >= 0.6 is 0 Å². The van der Waals surface area contributed by atoms with E-state index in [-0.39, 0.29) is 41.9 Å². The molecule has 3 aromatic heterocycles. The molecule has 10 heteroatoms. The van der Waals surface area contributed by atoms with Crippen LogP contribution in [0, 0.1) is 12.3 Å². The van der Waals surface area contributed by atoms with E-state index in [1.165, 1.54) is 10.5 Å². The largest absolute Gasteiger partial charge is 0.454 e. The fourth-order valence-electron chi connectivity index (χ4n) is 4.00. The minimum atomic E-state index is -0.468. The normalized spacial score (nSPS) is 12.4. The molecule has 34 heavy (non-hydrogen) atoms. The maximum Gasteiger partial charge on any atom is 0.267 e. The summed E-state index contributed by atoms with van der Waals surface area (Å²) in [4.78, 5) is 31.1. The van der Waals surface area contributed by atoms with Crippen LogP contribution in [0.1, 0.15) is 21.5 Å². The van der Waals surface area contributed by atoms with Gasteiger partial charge in [-0.2, -0.15) is 0 Å². The van der Waals surface area contributed by atoms with Crippen molar-refractivity contribution in [3.8, 4) is 11.5 Å². The second-order valence-electron chi connectivity index (χ2n) is 7.96. The van der Waals surface area contributed by atoms with Crippen molar-refractivity contribution < 1.29 is 19.0 Å². The van der Waals surface area contributed by atoms with Gasteiger partial charge in [0.2, 0.25) is 6.79 Å². The van der Waals surface area contributed by atoms with Crippen molar-refractivity contribution in [2.75, 3.05) is 20.5 Å². The zero-order valence-electron chi connectivity index (χ0n) is 18.8. The summed E-state index contributed by atoms with van der Waals surface area (Å²) in [7, 11) is 1.55. The number of ether oxygens (including phenoxy) is 3. The summed E-state index contributed by atoms with van der Waals surface area (Å²) in [6.07, 6.45) is 1.64. The van der Waals surface area contributed by atoms with E-state index in [4.69, 9.17) is 19.6 Å². The summed E-state index contributed by atoms with van der Waals surface area (Å²) in [6, 6.07) is 10.5. The van der Waals surface area contributed by atoms with Gasteiger partial charge in [-0.1, -0.05) is 12.1 Å². The number of rotatable bonds is 6. The molecule has 0 fully saturated rings. The van der Waals surface area contributed by atoms with Crippen molar-refractivity contribution in [3.05, 3.63) is 75.1 Å². The van der Waals surface area contributed by atoms with Gasteiger partial charge in [0.1, 0.15) is 16.8 Å². The summed E-state index contributed by atoms with van der Waals surface area (Å²) in [5.41, 5.74) is 2.23. The Morgan fingerprint density at radius 1 is 1.21 bits per heavy atom. The van der Waals surface area contributed by atoms with Crippen LogP contribution in [0.4, 0.5) is 0 Å². The highest BCUT2D eigenvalue weighted by Crippen LogP contribution is 2.32. The van der Waals surface area contributed by atoms with E-state index in [0.29, 0.717) is 29.4 Å². The van der Waals surface area contributed by atoms with Crippen LogP contribution in [0.25, 0.3) is 16.7 Å². The number of methoxy groups -OCH3 is 1. The van der Waals surface area contributed by atoms with Gasteiger partial charge in [-0.05, 0) is 42.3 Å². The zero-order chi connectivity index (χ0) is 23.8. The second kappa shape index (κ2) is 8.64. The maximum atomic E-state index is 13.3. The molecule has 1 amide bonds. The Morgan fingerprint density at radius 2 is 2.03 bits per heavy atom. The molecule has 0 radical (unpaired) electrons. The molecule has 5 rings (SSSR count). The van der Waals surface area contributed by atoms with Crippen LogP contribution in [-0.2, 0) is 17.8 Å². The predicted octanol–water partition coefficient (Wildman–Crippen LogP) is 1.74. The van der Waals surface area contributed by atoms with E-state index < -0.39 is 5.91 Å². The number of benzene rings is 1. The Bertz CT molecular complexity index is 1560. The zero-order valence-corrected chi connectivity index (χ0v) is 18.8. The van der Waals surface area contributed by atoms with Crippen molar-refractivity contribution in [2.45, 2.75) is 20.0 Å². The van der Waals surface area contributed by atoms with Gasteiger partial charge in [-0.3, -0.25) is 19.4 Å². The number of aromatic nitrogens is 3. The van der Waals surface area contributed by atoms with Crippen LogP contribution in [0.2, 0.25) is 0 Å². The Hall–Kier alpha value is -4.18. The third-order valence-corrected chi connectivity index (χ3v) is 5.79. The summed E-state index contributed by atoms with van der Waals surface area (Å²) in [5.74, 6) is 0.814. The quantitative estimate of drug-likeness (QED) is 0.422. The van der Waals surface area contributed by atoms with Gasteiger partial charge in [0.05, 0.1) is 17.6 Å². The standard InChI is InChI=1S/C24H23N5O5/c1-14-4-3-7-29-21(14)27-22-17(24(29)31)11-16(20(25)28(22)8-9-32-2)23(30)26-12-15-5-6-18-19(10-15)34-13-33-18/h3-7,10-11,25H,8-9,12-13H2,1-2H3,(H,26,30). The molecule has 0 bridgehead atoms. The molecule has 4 heterocycles. The van der Waals surface area contributed by atoms with Crippen LogP contribution in [0.3, 0.4) is 0 Å². The van der Waals surface area contributed by atoms with Crippen LogP contribution < -0.4 is 25.8 Å². The molecular weight excluding hydrogens is 438 g/mol. The molecule has 0 saturated carbocycles. The predicted molar refractivity (Wildman–Crippen MR) is 123 cm³/mol. The van der Waals surface area contributed by atoms with E-state index in [2.05, 4.69) is 10.3 Å². The first-order chi connectivity index (χ1) is 16.5. The topological polar surface area (TPSA) is 120 Å². The fourth-order valence-corrected chi connectivity index (χ4v) is 4.00. The fraction of sp³-hybridized carbons (Fsp3) is 0.250. The Kier molecular flexibility index (Phi) is 5.50. The third kappa shape index (κ3) is 3.67. The average molecular weight is 461 g/mol. The summed E-state index contributed by atoms with van der Waals surface area (Å²) in [5, 5.41) is 11.8. The van der Waals surface area contributed by atoms with E-state index >= 15 is 0 Å². The van der Waals surface area contributed by atoms with Crippen molar-refractivity contribution in [1.82, 2.24) is 19.3 Å². The van der Waals surface area contributed by atoms with Gasteiger partial charge in [0.15, 0.2) is 11.5 Å². The van der Waals surface area contributed by atoms with Crippen molar-refractivity contribution in [1.29, 1.82) is 5.41 Å². The number of hydrogen-bond acceptors (Lipinski definition) is 7. The minimum Gasteiger partial charge on any atom is -0.454 e. The van der Waals surface area contributed by atoms with Crippen LogP contribution in [-0.4, -0.2) is 40.4 Å². The first kappa shape index (κ1) is 21.7. The van der Waals surface area contributed by atoms with Gasteiger partial charge in [-0.25, -0.2) is 4.98 Å². The number of amides is 1. The minimum absolute atomic E-state index is 0.0439. The Labute approximate surface area is 193 Å². The highest BCUT2D eigenvalue weighted by atomic mass is 16.7. The number of nitrogens with zero attached hydrogens (tertiary/aromatic N) is 3. The molecule has 1 aliphatic rings. The number of fused-ring (bicyclic) bond motifs is 3. The summed E-state index contributed by atoms with van der Waals surface area (Å²) < 4.78 is 18.9. The highest BCUT2D eigenvalue weighted by Gasteiger charge is 2.19. The SMILES string of the molecule is COCCn1c(=N)c(C(=O)NCc2ccc3c(c2)OCO3)cc2c(=O)n3cccc(C)c3nc21. The van der Waals surface area contributed by atoms with E-state index in [1.807, 2.05) is 19.1 Å². The first-order valence-corrected chi connectivity index (χ1v) is 10.7. The summed E-state index contributed by atoms with van der Waals surface area (Å²) in [6.45, 7) is 2.82. The van der Waals surface area contributed by atoms with Gasteiger partial charge >= 0.3 is 0 Å². The van der Waals surface area contributed by atoms with E-state index in [1.54, 1.807) is 36.1 Å². The van der Waals surface area contributed by atoms with Crippen molar-refractivity contribution >= 4 is 22.6 Å². The molecule has 4 aromatic rings. The highest BCUT2D eigenvalue weighted by molar-refractivity contribution is 5.96. The first-order valence-electron chi connectivity index (χ1n) is 10.7.